The fourth-order valence-electron chi connectivity index (χ4n) is 1.63. The number of nitrogen functional groups attached to an aromatic ring is 1. The van der Waals surface area contributed by atoms with Gasteiger partial charge in [0.25, 0.3) is 0 Å². The highest BCUT2D eigenvalue weighted by Gasteiger charge is 2.04. The molecule has 0 amide bonds. The molecule has 0 aliphatic heterocycles. The van der Waals surface area contributed by atoms with Crippen LogP contribution in [0, 0.1) is 11.6 Å². The monoisotopic (exact) mass is 295 g/mol. The van der Waals surface area contributed by atoms with E-state index >= 15 is 0 Å². The summed E-state index contributed by atoms with van der Waals surface area (Å²) in [5.74, 6) is 0.262. The first kappa shape index (κ1) is 14.7. The number of halogens is 2. The van der Waals surface area contributed by atoms with Gasteiger partial charge in [0.05, 0.1) is 12.3 Å². The molecule has 0 unspecified atom stereocenters. The van der Waals surface area contributed by atoms with Crippen LogP contribution in [0.15, 0.2) is 47.4 Å². The Hall–Kier alpha value is -1.75. The van der Waals surface area contributed by atoms with E-state index in [1.54, 1.807) is 6.07 Å². The van der Waals surface area contributed by atoms with Gasteiger partial charge >= 0.3 is 0 Å². The van der Waals surface area contributed by atoms with Crippen LogP contribution in [0.3, 0.4) is 0 Å². The van der Waals surface area contributed by atoms with E-state index in [1.807, 2.05) is 18.2 Å². The Balaban J connectivity index is 1.73. The summed E-state index contributed by atoms with van der Waals surface area (Å²) in [7, 11) is 0. The topological polar surface area (TPSA) is 35.2 Å². The minimum Gasteiger partial charge on any atom is -0.491 e. The smallest absolute Gasteiger partial charge is 0.142 e. The number of nitrogens with two attached hydrogens (primary N) is 1. The van der Waals surface area contributed by atoms with Crippen molar-refractivity contribution >= 4 is 17.4 Å². The van der Waals surface area contributed by atoms with E-state index in [-0.39, 0.29) is 0 Å². The molecule has 0 heterocycles. The lowest BCUT2D eigenvalue weighted by atomic mass is 10.3. The van der Waals surface area contributed by atoms with Crippen molar-refractivity contribution in [3.05, 3.63) is 54.1 Å². The van der Waals surface area contributed by atoms with Crippen LogP contribution < -0.4 is 10.5 Å². The molecule has 5 heteroatoms. The highest BCUT2D eigenvalue weighted by molar-refractivity contribution is 7.99. The average Bonchev–Trinajstić information content (AvgIpc) is 2.42. The van der Waals surface area contributed by atoms with Gasteiger partial charge in [-0.15, -0.1) is 11.8 Å². The lowest BCUT2D eigenvalue weighted by molar-refractivity contribution is 0.320. The molecular formula is C15H15F2NOS. The predicted octanol–water partition coefficient (Wildman–Crippen LogP) is 4.11. The Morgan fingerprint density at radius 3 is 2.65 bits per heavy atom. The van der Waals surface area contributed by atoms with Crippen molar-refractivity contribution in [2.75, 3.05) is 18.1 Å². The van der Waals surface area contributed by atoms with E-state index < -0.39 is 11.6 Å². The SMILES string of the molecule is Nc1ccccc1OCCCSc1ccc(F)cc1F. The number of hydrogen-bond acceptors (Lipinski definition) is 3. The summed E-state index contributed by atoms with van der Waals surface area (Å²) in [5, 5.41) is 0. The molecule has 0 aliphatic rings. The number of anilines is 1. The first-order valence-electron chi connectivity index (χ1n) is 6.22. The molecule has 2 N–H and O–H groups in total. The van der Waals surface area contributed by atoms with E-state index in [9.17, 15) is 8.78 Å². The molecule has 2 aromatic carbocycles. The number of hydrogen-bond donors (Lipinski definition) is 1. The Bertz CT molecular complexity index is 578. The van der Waals surface area contributed by atoms with E-state index in [4.69, 9.17) is 10.5 Å². The molecule has 0 fully saturated rings. The molecule has 0 bridgehead atoms. The molecule has 0 radical (unpaired) electrons. The van der Waals surface area contributed by atoms with Crippen molar-refractivity contribution in [1.82, 2.24) is 0 Å². The molecule has 0 aromatic heterocycles. The van der Waals surface area contributed by atoms with Crippen LogP contribution in [0.5, 0.6) is 5.75 Å². The third-order valence-electron chi connectivity index (χ3n) is 2.62. The fourth-order valence-corrected chi connectivity index (χ4v) is 2.47. The van der Waals surface area contributed by atoms with E-state index in [2.05, 4.69) is 0 Å². The summed E-state index contributed by atoms with van der Waals surface area (Å²) in [5.41, 5.74) is 6.35. The first-order chi connectivity index (χ1) is 9.66. The van der Waals surface area contributed by atoms with Gasteiger partial charge in [-0.3, -0.25) is 0 Å². The summed E-state index contributed by atoms with van der Waals surface area (Å²) in [6, 6.07) is 10.9. The van der Waals surface area contributed by atoms with E-state index in [0.717, 1.165) is 12.5 Å². The molecule has 0 atom stereocenters. The van der Waals surface area contributed by atoms with Gasteiger partial charge < -0.3 is 10.5 Å². The Morgan fingerprint density at radius 2 is 1.90 bits per heavy atom. The second kappa shape index (κ2) is 7.14. The predicted molar refractivity (Wildman–Crippen MR) is 78.0 cm³/mol. The molecule has 2 rings (SSSR count). The fraction of sp³-hybridized carbons (Fsp3) is 0.200. The van der Waals surface area contributed by atoms with Crippen LogP contribution in [0.25, 0.3) is 0 Å². The van der Waals surface area contributed by atoms with Gasteiger partial charge in [-0.05, 0) is 30.7 Å². The minimum atomic E-state index is -0.560. The van der Waals surface area contributed by atoms with Crippen molar-refractivity contribution in [2.24, 2.45) is 0 Å². The van der Waals surface area contributed by atoms with Crippen molar-refractivity contribution in [3.63, 3.8) is 0 Å². The highest BCUT2D eigenvalue weighted by atomic mass is 32.2. The molecule has 0 aliphatic carbocycles. The van der Waals surface area contributed by atoms with Gasteiger partial charge in [0.1, 0.15) is 17.4 Å². The largest absolute Gasteiger partial charge is 0.491 e. The maximum Gasteiger partial charge on any atom is 0.142 e. The molecule has 0 saturated carbocycles. The Morgan fingerprint density at radius 1 is 1.10 bits per heavy atom. The lowest BCUT2D eigenvalue weighted by Crippen LogP contribution is -2.01. The minimum absolute atomic E-state index is 0.450. The summed E-state index contributed by atoms with van der Waals surface area (Å²) in [6.45, 7) is 0.504. The van der Waals surface area contributed by atoms with Crippen molar-refractivity contribution < 1.29 is 13.5 Å². The summed E-state index contributed by atoms with van der Waals surface area (Å²) in [6.07, 6.45) is 0.746. The van der Waals surface area contributed by atoms with E-state index in [1.165, 1.54) is 23.9 Å². The third-order valence-corrected chi connectivity index (χ3v) is 3.75. The average molecular weight is 295 g/mol. The zero-order valence-corrected chi connectivity index (χ0v) is 11.6. The zero-order chi connectivity index (χ0) is 14.4. The molecule has 0 spiro atoms. The Kier molecular flexibility index (Phi) is 5.24. The summed E-state index contributed by atoms with van der Waals surface area (Å²) in [4.78, 5) is 0.450. The molecular weight excluding hydrogens is 280 g/mol. The second-order valence-corrected chi connectivity index (χ2v) is 5.30. The van der Waals surface area contributed by atoms with E-state index in [0.29, 0.717) is 28.7 Å². The van der Waals surface area contributed by atoms with Crippen LogP contribution in [0.2, 0.25) is 0 Å². The van der Waals surface area contributed by atoms with Gasteiger partial charge in [-0.1, -0.05) is 12.1 Å². The molecule has 106 valence electrons. The van der Waals surface area contributed by atoms with Crippen LogP contribution in [-0.2, 0) is 0 Å². The van der Waals surface area contributed by atoms with Gasteiger partial charge in [-0.25, -0.2) is 8.78 Å². The lowest BCUT2D eigenvalue weighted by Gasteiger charge is -2.08. The van der Waals surface area contributed by atoms with Gasteiger partial charge in [0, 0.05) is 16.7 Å². The molecule has 2 aromatic rings. The van der Waals surface area contributed by atoms with Crippen molar-refractivity contribution in [2.45, 2.75) is 11.3 Å². The van der Waals surface area contributed by atoms with Gasteiger partial charge in [0.2, 0.25) is 0 Å². The molecule has 20 heavy (non-hydrogen) atoms. The normalized spacial score (nSPS) is 10.5. The number of rotatable bonds is 6. The van der Waals surface area contributed by atoms with Crippen LogP contribution in [0.4, 0.5) is 14.5 Å². The quantitative estimate of drug-likeness (QED) is 0.495. The molecule has 0 saturated heterocycles. The maximum absolute atomic E-state index is 13.4. The second-order valence-electron chi connectivity index (χ2n) is 4.16. The van der Waals surface area contributed by atoms with Crippen LogP contribution in [0.1, 0.15) is 6.42 Å². The van der Waals surface area contributed by atoms with Crippen molar-refractivity contribution in [1.29, 1.82) is 0 Å². The highest BCUT2D eigenvalue weighted by Crippen LogP contribution is 2.24. The number of ether oxygens (including phenoxy) is 1. The van der Waals surface area contributed by atoms with Crippen molar-refractivity contribution in [3.8, 4) is 5.75 Å². The number of para-hydroxylation sites is 2. The van der Waals surface area contributed by atoms with Crippen LogP contribution in [-0.4, -0.2) is 12.4 Å². The Labute approximate surface area is 120 Å². The zero-order valence-electron chi connectivity index (χ0n) is 10.8. The standard InChI is InChI=1S/C15H15F2NOS/c16-11-6-7-15(12(17)10-11)20-9-3-8-19-14-5-2-1-4-13(14)18/h1-2,4-7,10H,3,8-9,18H2. The van der Waals surface area contributed by atoms with Gasteiger partial charge in [0.15, 0.2) is 0 Å². The maximum atomic E-state index is 13.4. The van der Waals surface area contributed by atoms with Crippen LogP contribution >= 0.6 is 11.8 Å². The van der Waals surface area contributed by atoms with Gasteiger partial charge in [-0.2, -0.15) is 0 Å². The number of thioether (sulfide) groups is 1. The number of benzene rings is 2. The third kappa shape index (κ3) is 4.13. The summed E-state index contributed by atoms with van der Waals surface area (Å²) < 4.78 is 31.6. The molecule has 2 nitrogen and oxygen atoms in total. The first-order valence-corrected chi connectivity index (χ1v) is 7.20. The summed E-state index contributed by atoms with van der Waals surface area (Å²) >= 11 is 1.34.